The lowest BCUT2D eigenvalue weighted by Crippen LogP contribution is -2.54. The highest BCUT2D eigenvalue weighted by atomic mass is 32.1. The Bertz CT molecular complexity index is 655. The number of nitrogens with zero attached hydrogens (tertiary/aromatic N) is 2. The van der Waals surface area contributed by atoms with Gasteiger partial charge in [-0.05, 0) is 25.5 Å². The summed E-state index contributed by atoms with van der Waals surface area (Å²) in [4.78, 5) is 18.6. The average Bonchev–Trinajstić information content (AvgIpc) is 3.23. The molecule has 1 saturated heterocycles. The van der Waals surface area contributed by atoms with Gasteiger partial charge in [0, 0.05) is 11.9 Å². The molecule has 1 aliphatic heterocycles. The molecule has 1 atom stereocenters. The van der Waals surface area contributed by atoms with Gasteiger partial charge in [0.15, 0.2) is 10.8 Å². The lowest BCUT2D eigenvalue weighted by molar-refractivity contribution is -0.0872. The molecule has 0 aliphatic carbocycles. The van der Waals surface area contributed by atoms with Crippen LogP contribution in [0.5, 0.6) is 0 Å². The molecule has 0 unspecified atom stereocenters. The molecule has 2 aromatic heterocycles. The van der Waals surface area contributed by atoms with E-state index < -0.39 is 0 Å². The highest BCUT2D eigenvalue weighted by molar-refractivity contribution is 7.13. The molecule has 1 N–H and O–H groups in total. The molecule has 1 fully saturated rings. The number of furan rings is 1. The van der Waals surface area contributed by atoms with Gasteiger partial charge in [0.1, 0.15) is 0 Å². The third kappa shape index (κ3) is 3.73. The van der Waals surface area contributed by atoms with Gasteiger partial charge in [-0.15, -0.1) is 11.3 Å². The second-order valence-electron chi connectivity index (χ2n) is 5.85. The van der Waals surface area contributed by atoms with Crippen LogP contribution in [0, 0.1) is 0 Å². The maximum atomic E-state index is 12.3. The molecular weight excluding hydrogens is 314 g/mol. The number of carbonyl (C=O) groups excluding carboxylic acids is 1. The summed E-state index contributed by atoms with van der Waals surface area (Å²) in [6, 6.07) is 3.64. The lowest BCUT2D eigenvalue weighted by atomic mass is 10.0. The Balaban J connectivity index is 1.55. The van der Waals surface area contributed by atoms with Gasteiger partial charge >= 0.3 is 6.03 Å². The normalized spacial score (nSPS) is 21.4. The Morgan fingerprint density at radius 1 is 1.57 bits per heavy atom. The molecule has 2 aromatic rings. The molecule has 0 radical (unpaired) electrons. The van der Waals surface area contributed by atoms with Crippen LogP contribution in [-0.4, -0.2) is 41.2 Å². The number of amides is 2. The summed E-state index contributed by atoms with van der Waals surface area (Å²) in [6.45, 7) is 6.35. The minimum atomic E-state index is -0.247. The second-order valence-corrected chi connectivity index (χ2v) is 6.71. The van der Waals surface area contributed by atoms with Gasteiger partial charge in [0.2, 0.25) is 0 Å². The van der Waals surface area contributed by atoms with E-state index in [4.69, 9.17) is 9.15 Å². The summed E-state index contributed by atoms with van der Waals surface area (Å²) in [5.41, 5.74) is 0.587. The SMILES string of the molecule is CC[C@@]1(C)CN(C(=O)NCc2csc(-c3ccco3)n2)CCO1. The summed E-state index contributed by atoms with van der Waals surface area (Å²) in [5, 5.41) is 5.70. The number of ether oxygens (including phenoxy) is 1. The van der Waals surface area contributed by atoms with Gasteiger partial charge in [-0.3, -0.25) is 0 Å². The van der Waals surface area contributed by atoms with Crippen molar-refractivity contribution in [3.63, 3.8) is 0 Å². The Kier molecular flexibility index (Phi) is 4.68. The van der Waals surface area contributed by atoms with E-state index in [1.165, 1.54) is 11.3 Å². The second kappa shape index (κ2) is 6.72. The fourth-order valence-electron chi connectivity index (χ4n) is 2.50. The Morgan fingerprint density at radius 2 is 2.43 bits per heavy atom. The smallest absolute Gasteiger partial charge is 0.317 e. The summed E-state index contributed by atoms with van der Waals surface area (Å²) in [7, 11) is 0. The predicted octanol–water partition coefficient (Wildman–Crippen LogP) is 3.11. The number of urea groups is 1. The molecule has 3 heterocycles. The summed E-state index contributed by atoms with van der Waals surface area (Å²) >= 11 is 1.51. The first-order chi connectivity index (χ1) is 11.1. The van der Waals surface area contributed by atoms with Gasteiger partial charge in [-0.25, -0.2) is 9.78 Å². The quantitative estimate of drug-likeness (QED) is 0.932. The Morgan fingerprint density at radius 3 is 3.17 bits per heavy atom. The van der Waals surface area contributed by atoms with E-state index in [1.807, 2.05) is 29.3 Å². The van der Waals surface area contributed by atoms with Crippen molar-refractivity contribution in [3.8, 4) is 10.8 Å². The van der Waals surface area contributed by atoms with Crippen molar-refractivity contribution < 1.29 is 13.9 Å². The van der Waals surface area contributed by atoms with Crippen LogP contribution in [-0.2, 0) is 11.3 Å². The highest BCUT2D eigenvalue weighted by Crippen LogP contribution is 2.24. The van der Waals surface area contributed by atoms with Crippen LogP contribution in [0.4, 0.5) is 4.79 Å². The van der Waals surface area contributed by atoms with Crippen LogP contribution in [0.1, 0.15) is 26.0 Å². The van der Waals surface area contributed by atoms with Gasteiger partial charge < -0.3 is 19.4 Å². The molecule has 2 amide bonds. The Labute approximate surface area is 139 Å². The number of hydrogen-bond donors (Lipinski definition) is 1. The van der Waals surface area contributed by atoms with Crippen LogP contribution in [0.15, 0.2) is 28.2 Å². The number of morpholine rings is 1. The van der Waals surface area contributed by atoms with E-state index in [2.05, 4.69) is 17.2 Å². The first-order valence-corrected chi connectivity index (χ1v) is 8.62. The molecule has 0 spiro atoms. The zero-order valence-electron chi connectivity index (χ0n) is 13.4. The number of carbonyl (C=O) groups is 1. The minimum absolute atomic E-state index is 0.0690. The largest absolute Gasteiger partial charge is 0.462 e. The Hall–Kier alpha value is -1.86. The van der Waals surface area contributed by atoms with Crippen molar-refractivity contribution >= 4 is 17.4 Å². The fourth-order valence-corrected chi connectivity index (χ4v) is 3.28. The number of aromatic nitrogens is 1. The van der Waals surface area contributed by atoms with Crippen molar-refractivity contribution in [3.05, 3.63) is 29.5 Å². The molecular formula is C16H21N3O3S. The molecule has 0 aromatic carbocycles. The third-order valence-electron chi connectivity index (χ3n) is 4.08. The summed E-state index contributed by atoms with van der Waals surface area (Å²) < 4.78 is 11.1. The molecule has 7 heteroatoms. The van der Waals surface area contributed by atoms with Gasteiger partial charge in [0.25, 0.3) is 0 Å². The monoisotopic (exact) mass is 335 g/mol. The van der Waals surface area contributed by atoms with Gasteiger partial charge in [0.05, 0.1) is 37.3 Å². The minimum Gasteiger partial charge on any atom is -0.462 e. The zero-order valence-corrected chi connectivity index (χ0v) is 14.2. The van der Waals surface area contributed by atoms with Gasteiger partial charge in [-0.2, -0.15) is 0 Å². The van der Waals surface area contributed by atoms with Crippen LogP contribution >= 0.6 is 11.3 Å². The van der Waals surface area contributed by atoms with Crippen molar-refractivity contribution in [1.82, 2.24) is 15.2 Å². The van der Waals surface area contributed by atoms with Crippen LogP contribution < -0.4 is 5.32 Å². The molecule has 124 valence electrons. The standard InChI is InChI=1S/C16H21N3O3S/c1-3-16(2)11-19(6-8-22-16)15(20)17-9-12-10-23-14(18-12)13-5-4-7-21-13/h4-5,7,10H,3,6,8-9,11H2,1-2H3,(H,17,20)/t16-/m0/s1. The van der Waals surface area contributed by atoms with Gasteiger partial charge in [-0.1, -0.05) is 6.92 Å². The number of nitrogens with one attached hydrogen (secondary N) is 1. The first-order valence-electron chi connectivity index (χ1n) is 7.75. The number of hydrogen-bond acceptors (Lipinski definition) is 5. The van der Waals surface area contributed by atoms with Crippen molar-refractivity contribution in [1.29, 1.82) is 0 Å². The fraction of sp³-hybridized carbons (Fsp3) is 0.500. The topological polar surface area (TPSA) is 67.6 Å². The average molecular weight is 335 g/mol. The molecule has 0 bridgehead atoms. The van der Waals surface area contributed by atoms with E-state index in [-0.39, 0.29) is 11.6 Å². The third-order valence-corrected chi connectivity index (χ3v) is 4.98. The lowest BCUT2D eigenvalue weighted by Gasteiger charge is -2.39. The van der Waals surface area contributed by atoms with Crippen LogP contribution in [0.3, 0.4) is 0 Å². The van der Waals surface area contributed by atoms with Crippen molar-refractivity contribution in [2.24, 2.45) is 0 Å². The summed E-state index contributed by atoms with van der Waals surface area (Å²) in [5.74, 6) is 0.750. The molecule has 3 rings (SSSR count). The maximum Gasteiger partial charge on any atom is 0.317 e. The maximum absolute atomic E-state index is 12.3. The van der Waals surface area contributed by atoms with E-state index in [9.17, 15) is 4.79 Å². The highest BCUT2D eigenvalue weighted by Gasteiger charge is 2.32. The predicted molar refractivity (Wildman–Crippen MR) is 88.3 cm³/mol. The van der Waals surface area contributed by atoms with Crippen LogP contribution in [0.2, 0.25) is 0 Å². The molecule has 23 heavy (non-hydrogen) atoms. The molecule has 0 saturated carbocycles. The first kappa shape index (κ1) is 16.0. The molecule has 6 nitrogen and oxygen atoms in total. The van der Waals surface area contributed by atoms with Crippen LogP contribution in [0.25, 0.3) is 10.8 Å². The molecule has 1 aliphatic rings. The van der Waals surface area contributed by atoms with Crippen molar-refractivity contribution in [2.75, 3.05) is 19.7 Å². The number of thiazole rings is 1. The number of rotatable bonds is 4. The van der Waals surface area contributed by atoms with E-state index in [0.717, 1.165) is 22.9 Å². The van der Waals surface area contributed by atoms with E-state index >= 15 is 0 Å². The van der Waals surface area contributed by atoms with Crippen molar-refractivity contribution in [2.45, 2.75) is 32.4 Å². The zero-order chi connectivity index (χ0) is 16.3. The van der Waals surface area contributed by atoms with E-state index in [1.54, 1.807) is 6.26 Å². The summed E-state index contributed by atoms with van der Waals surface area (Å²) in [6.07, 6.45) is 2.51. The van der Waals surface area contributed by atoms with E-state index in [0.29, 0.717) is 26.2 Å².